The summed E-state index contributed by atoms with van der Waals surface area (Å²) in [5, 5.41) is 11.1. The van der Waals surface area contributed by atoms with E-state index in [-0.39, 0.29) is 0 Å². The molecule has 0 aliphatic rings. The van der Waals surface area contributed by atoms with Gasteiger partial charge in [-0.05, 0) is 47.7 Å². The van der Waals surface area contributed by atoms with Crippen LogP contribution in [0.4, 0.5) is 0 Å². The fraction of sp³-hybridized carbons (Fsp3) is 0.133. The van der Waals surface area contributed by atoms with Crippen molar-refractivity contribution >= 4 is 40.0 Å². The fourth-order valence-electron chi connectivity index (χ4n) is 2.01. The van der Waals surface area contributed by atoms with Crippen molar-refractivity contribution in [2.24, 2.45) is 0 Å². The summed E-state index contributed by atoms with van der Waals surface area (Å²) in [6.45, 7) is 2.17. The number of carboxylic acid groups (broad SMARTS) is 1. The van der Waals surface area contributed by atoms with Crippen molar-refractivity contribution in [3.05, 3.63) is 46.2 Å². The van der Waals surface area contributed by atoms with Crippen LogP contribution in [0.3, 0.4) is 0 Å². The zero-order valence-corrected chi connectivity index (χ0v) is 13.2. The van der Waals surface area contributed by atoms with E-state index in [2.05, 4.69) is 30.5 Å². The van der Waals surface area contributed by atoms with E-state index >= 15 is 0 Å². The zero-order valence-electron chi connectivity index (χ0n) is 10.8. The maximum absolute atomic E-state index is 10.9. The van der Waals surface area contributed by atoms with Crippen molar-refractivity contribution < 1.29 is 9.90 Å². The number of rotatable bonds is 4. The standard InChI is InChI=1S/C15H12O2S3/c1-2-9-7-8-18-14(9)12-5-3-10(19-12)11-4-6-13(20-11)15(16)17/h3-8H,2H2,1H3,(H,16,17). The van der Waals surface area contributed by atoms with Crippen LogP contribution >= 0.6 is 34.0 Å². The maximum atomic E-state index is 10.9. The minimum Gasteiger partial charge on any atom is -0.477 e. The second-order valence-corrected chi connectivity index (χ2v) is 7.35. The molecule has 0 aliphatic carbocycles. The van der Waals surface area contributed by atoms with Gasteiger partial charge in [-0.2, -0.15) is 0 Å². The minimum absolute atomic E-state index is 0.389. The van der Waals surface area contributed by atoms with Crippen LogP contribution in [0, 0.1) is 0 Å². The molecule has 0 aromatic carbocycles. The molecule has 20 heavy (non-hydrogen) atoms. The topological polar surface area (TPSA) is 37.3 Å². The lowest BCUT2D eigenvalue weighted by Gasteiger charge is -1.96. The van der Waals surface area contributed by atoms with Gasteiger partial charge in [-0.1, -0.05) is 6.92 Å². The Morgan fingerprint density at radius 1 is 1.05 bits per heavy atom. The Morgan fingerprint density at radius 2 is 1.75 bits per heavy atom. The Balaban J connectivity index is 1.95. The van der Waals surface area contributed by atoms with Gasteiger partial charge in [0.05, 0.1) is 0 Å². The van der Waals surface area contributed by atoms with Crippen molar-refractivity contribution in [2.75, 3.05) is 0 Å². The summed E-state index contributed by atoms with van der Waals surface area (Å²) >= 11 is 4.82. The van der Waals surface area contributed by atoms with E-state index in [1.54, 1.807) is 28.7 Å². The molecule has 0 unspecified atom stereocenters. The van der Waals surface area contributed by atoms with Crippen LogP contribution in [0.15, 0.2) is 35.7 Å². The summed E-state index contributed by atoms with van der Waals surface area (Å²) < 4.78 is 0. The van der Waals surface area contributed by atoms with E-state index in [1.165, 1.54) is 26.7 Å². The van der Waals surface area contributed by atoms with Gasteiger partial charge in [-0.3, -0.25) is 0 Å². The van der Waals surface area contributed by atoms with Crippen LogP contribution in [0.5, 0.6) is 0 Å². The molecule has 1 N–H and O–H groups in total. The first-order chi connectivity index (χ1) is 9.69. The van der Waals surface area contributed by atoms with Gasteiger partial charge >= 0.3 is 5.97 Å². The molecule has 3 aromatic rings. The number of carboxylic acids is 1. The summed E-state index contributed by atoms with van der Waals surface area (Å²) in [5.74, 6) is -0.857. The van der Waals surface area contributed by atoms with Crippen molar-refractivity contribution in [2.45, 2.75) is 13.3 Å². The highest BCUT2D eigenvalue weighted by Crippen LogP contribution is 2.40. The molecule has 3 aromatic heterocycles. The normalized spacial score (nSPS) is 10.8. The molecule has 0 saturated carbocycles. The van der Waals surface area contributed by atoms with Gasteiger partial charge in [0.25, 0.3) is 0 Å². The first kappa shape index (κ1) is 13.5. The summed E-state index contributed by atoms with van der Waals surface area (Å²) in [4.78, 5) is 16.1. The molecule has 3 rings (SSSR count). The fourth-order valence-corrected chi connectivity index (χ4v) is 5.11. The van der Waals surface area contributed by atoms with Crippen LogP contribution < -0.4 is 0 Å². The van der Waals surface area contributed by atoms with Crippen LogP contribution in [-0.2, 0) is 6.42 Å². The molecule has 3 heterocycles. The average molecular weight is 320 g/mol. The highest BCUT2D eigenvalue weighted by atomic mass is 32.1. The second-order valence-electron chi connectivity index (χ2n) is 4.26. The van der Waals surface area contributed by atoms with Gasteiger partial charge in [-0.15, -0.1) is 34.0 Å². The molecule has 0 atom stereocenters. The van der Waals surface area contributed by atoms with Gasteiger partial charge in [0.1, 0.15) is 4.88 Å². The van der Waals surface area contributed by atoms with Crippen molar-refractivity contribution in [3.8, 4) is 19.5 Å². The zero-order chi connectivity index (χ0) is 14.1. The van der Waals surface area contributed by atoms with Crippen LogP contribution in [0.2, 0.25) is 0 Å². The molecule has 0 spiro atoms. The lowest BCUT2D eigenvalue weighted by atomic mass is 10.2. The van der Waals surface area contributed by atoms with E-state index in [4.69, 9.17) is 5.11 Å². The molecule has 0 radical (unpaired) electrons. The lowest BCUT2D eigenvalue weighted by molar-refractivity contribution is 0.0702. The third kappa shape index (κ3) is 2.44. The molecule has 0 saturated heterocycles. The predicted molar refractivity (Wildman–Crippen MR) is 87.3 cm³/mol. The third-order valence-corrected chi connectivity index (χ3v) is 6.51. The first-order valence-corrected chi connectivity index (χ1v) is 8.70. The highest BCUT2D eigenvalue weighted by Gasteiger charge is 2.12. The Kier molecular flexibility index (Phi) is 3.74. The average Bonchev–Trinajstić information content (AvgIpc) is 3.17. The third-order valence-electron chi connectivity index (χ3n) is 3.02. The Hall–Kier alpha value is -1.43. The van der Waals surface area contributed by atoms with E-state index < -0.39 is 5.97 Å². The van der Waals surface area contributed by atoms with Crippen LogP contribution in [0.25, 0.3) is 19.5 Å². The molecular weight excluding hydrogens is 308 g/mol. The van der Waals surface area contributed by atoms with Crippen molar-refractivity contribution in [1.82, 2.24) is 0 Å². The number of hydrogen-bond acceptors (Lipinski definition) is 4. The molecule has 0 amide bonds. The highest BCUT2D eigenvalue weighted by molar-refractivity contribution is 7.26. The summed E-state index contributed by atoms with van der Waals surface area (Å²) in [5.41, 5.74) is 1.38. The number of carbonyl (C=O) groups is 1. The van der Waals surface area contributed by atoms with Crippen LogP contribution in [-0.4, -0.2) is 11.1 Å². The van der Waals surface area contributed by atoms with E-state index in [1.807, 2.05) is 6.07 Å². The number of thiophene rings is 3. The summed E-state index contributed by atoms with van der Waals surface area (Å²) in [7, 11) is 0. The molecule has 102 valence electrons. The van der Waals surface area contributed by atoms with Crippen LogP contribution in [0.1, 0.15) is 22.2 Å². The van der Waals surface area contributed by atoms with E-state index in [0.29, 0.717) is 4.88 Å². The van der Waals surface area contributed by atoms with E-state index in [0.717, 1.165) is 16.2 Å². The molecular formula is C15H12O2S3. The summed E-state index contributed by atoms with van der Waals surface area (Å²) in [6, 6.07) is 9.94. The minimum atomic E-state index is -0.857. The first-order valence-electron chi connectivity index (χ1n) is 6.19. The molecule has 0 aliphatic heterocycles. The van der Waals surface area contributed by atoms with Gasteiger partial charge in [-0.25, -0.2) is 4.79 Å². The Morgan fingerprint density at radius 3 is 2.45 bits per heavy atom. The Bertz CT molecular complexity index is 749. The largest absolute Gasteiger partial charge is 0.477 e. The number of aryl methyl sites for hydroxylation is 1. The maximum Gasteiger partial charge on any atom is 0.345 e. The smallest absolute Gasteiger partial charge is 0.345 e. The molecule has 0 fully saturated rings. The quantitative estimate of drug-likeness (QED) is 0.692. The monoisotopic (exact) mass is 320 g/mol. The van der Waals surface area contributed by atoms with Crippen molar-refractivity contribution in [3.63, 3.8) is 0 Å². The SMILES string of the molecule is CCc1ccsc1-c1ccc(-c2ccc(C(=O)O)s2)s1. The van der Waals surface area contributed by atoms with Gasteiger partial charge in [0, 0.05) is 19.5 Å². The molecule has 0 bridgehead atoms. The second kappa shape index (κ2) is 5.52. The van der Waals surface area contributed by atoms with Gasteiger partial charge in [0.2, 0.25) is 0 Å². The van der Waals surface area contributed by atoms with Crippen molar-refractivity contribution in [1.29, 1.82) is 0 Å². The molecule has 2 nitrogen and oxygen atoms in total. The van der Waals surface area contributed by atoms with E-state index in [9.17, 15) is 4.79 Å². The molecule has 5 heteroatoms. The number of aromatic carboxylic acids is 1. The lowest BCUT2D eigenvalue weighted by Crippen LogP contribution is -1.89. The number of hydrogen-bond donors (Lipinski definition) is 1. The van der Waals surface area contributed by atoms with Gasteiger partial charge in [0.15, 0.2) is 0 Å². The van der Waals surface area contributed by atoms with Gasteiger partial charge < -0.3 is 5.11 Å². The Labute approximate surface area is 129 Å². The predicted octanol–water partition coefficient (Wildman–Crippen LogP) is 5.47. The summed E-state index contributed by atoms with van der Waals surface area (Å²) in [6.07, 6.45) is 1.04.